The quantitative estimate of drug-likeness (QED) is 0.755. The lowest BCUT2D eigenvalue weighted by Crippen LogP contribution is -2.13. The topological polar surface area (TPSA) is 98.3 Å². The zero-order valence-corrected chi connectivity index (χ0v) is 10.6. The van der Waals surface area contributed by atoms with Crippen molar-refractivity contribution in [1.29, 1.82) is 0 Å². The first kappa shape index (κ1) is 12.4. The Labute approximate surface area is 114 Å². The fourth-order valence-corrected chi connectivity index (χ4v) is 1.86. The van der Waals surface area contributed by atoms with Crippen LogP contribution < -0.4 is 5.73 Å². The molecule has 6 nitrogen and oxygen atoms in total. The highest BCUT2D eigenvalue weighted by Crippen LogP contribution is 2.20. The second-order valence-electron chi connectivity index (χ2n) is 4.41. The van der Waals surface area contributed by atoms with Gasteiger partial charge in [-0.25, -0.2) is 0 Å². The lowest BCUT2D eigenvalue weighted by atomic mass is 10.1. The largest absolute Gasteiger partial charge is 0.508 e. The molecule has 0 spiro atoms. The molecule has 0 saturated carbocycles. The molecular weight excluding hydrogens is 258 g/mol. The van der Waals surface area contributed by atoms with Gasteiger partial charge < -0.3 is 19.8 Å². The van der Waals surface area contributed by atoms with E-state index >= 15 is 0 Å². The number of nitrogens with two attached hydrogens (primary N) is 1. The Morgan fingerprint density at radius 1 is 1.20 bits per heavy atom. The molecule has 1 atom stereocenters. The van der Waals surface area contributed by atoms with E-state index in [-0.39, 0.29) is 5.75 Å². The predicted molar refractivity (Wildman–Crippen MR) is 70.7 cm³/mol. The van der Waals surface area contributed by atoms with E-state index in [0.717, 1.165) is 5.56 Å². The van der Waals surface area contributed by atoms with Crippen LogP contribution >= 0.6 is 0 Å². The van der Waals surface area contributed by atoms with E-state index in [1.165, 1.54) is 0 Å². The van der Waals surface area contributed by atoms with Crippen LogP contribution in [0.5, 0.6) is 5.75 Å². The van der Waals surface area contributed by atoms with Crippen LogP contribution in [0.25, 0.3) is 11.6 Å². The van der Waals surface area contributed by atoms with E-state index in [4.69, 9.17) is 14.7 Å². The fourth-order valence-electron chi connectivity index (χ4n) is 1.86. The fraction of sp³-hybridized carbons (Fsp3) is 0.143. The van der Waals surface area contributed by atoms with Crippen molar-refractivity contribution in [2.24, 2.45) is 5.73 Å². The van der Waals surface area contributed by atoms with Crippen LogP contribution in [0.4, 0.5) is 0 Å². The molecule has 6 heteroatoms. The van der Waals surface area contributed by atoms with Crippen molar-refractivity contribution in [2.45, 2.75) is 12.5 Å². The Morgan fingerprint density at radius 3 is 2.70 bits per heavy atom. The second kappa shape index (κ2) is 5.18. The number of furan rings is 1. The lowest BCUT2D eigenvalue weighted by Gasteiger charge is -2.06. The number of benzene rings is 1. The van der Waals surface area contributed by atoms with Gasteiger partial charge in [-0.2, -0.15) is 4.98 Å². The van der Waals surface area contributed by atoms with E-state index in [0.29, 0.717) is 23.9 Å². The van der Waals surface area contributed by atoms with Crippen molar-refractivity contribution in [3.8, 4) is 17.3 Å². The summed E-state index contributed by atoms with van der Waals surface area (Å²) in [4.78, 5) is 4.22. The Morgan fingerprint density at radius 2 is 2.00 bits per heavy atom. The average molecular weight is 271 g/mol. The van der Waals surface area contributed by atoms with E-state index in [9.17, 15) is 5.11 Å². The summed E-state index contributed by atoms with van der Waals surface area (Å²) in [6.45, 7) is 0. The minimum Gasteiger partial charge on any atom is -0.508 e. The third-order valence-corrected chi connectivity index (χ3v) is 2.89. The number of aromatic nitrogens is 2. The molecule has 1 aromatic carbocycles. The first-order valence-corrected chi connectivity index (χ1v) is 6.13. The van der Waals surface area contributed by atoms with Crippen molar-refractivity contribution in [1.82, 2.24) is 10.1 Å². The molecule has 0 aliphatic rings. The molecule has 0 saturated heterocycles. The summed E-state index contributed by atoms with van der Waals surface area (Å²) < 4.78 is 10.3. The summed E-state index contributed by atoms with van der Waals surface area (Å²) in [6, 6.07) is 9.93. The van der Waals surface area contributed by atoms with Crippen LogP contribution in [0, 0.1) is 0 Å². The molecule has 0 amide bonds. The Hall–Kier alpha value is -2.60. The van der Waals surface area contributed by atoms with Gasteiger partial charge in [-0.15, -0.1) is 0 Å². The van der Waals surface area contributed by atoms with Gasteiger partial charge in [0.25, 0.3) is 0 Å². The van der Waals surface area contributed by atoms with E-state index < -0.39 is 6.04 Å². The number of rotatable bonds is 4. The molecule has 0 radical (unpaired) electrons. The van der Waals surface area contributed by atoms with Crippen molar-refractivity contribution >= 4 is 0 Å². The third-order valence-electron chi connectivity index (χ3n) is 2.89. The van der Waals surface area contributed by atoms with E-state index in [1.807, 2.05) is 0 Å². The number of aromatic hydroxyl groups is 1. The van der Waals surface area contributed by atoms with E-state index in [1.54, 1.807) is 42.7 Å². The van der Waals surface area contributed by atoms with Crippen LogP contribution in [0.3, 0.4) is 0 Å². The lowest BCUT2D eigenvalue weighted by molar-refractivity contribution is 0.353. The summed E-state index contributed by atoms with van der Waals surface area (Å²) in [6.07, 6.45) is 2.09. The molecule has 0 fully saturated rings. The molecule has 2 heterocycles. The molecule has 0 bridgehead atoms. The average Bonchev–Trinajstić information content (AvgIpc) is 3.11. The second-order valence-corrected chi connectivity index (χ2v) is 4.41. The SMILES string of the molecule is N[C@H](Cc1ccc(O)cc1)c1nc(-c2ccco2)no1. The maximum atomic E-state index is 9.23. The van der Waals surface area contributed by atoms with Crippen LogP contribution in [-0.4, -0.2) is 15.2 Å². The molecule has 20 heavy (non-hydrogen) atoms. The van der Waals surface area contributed by atoms with Crippen molar-refractivity contribution in [2.75, 3.05) is 0 Å². The van der Waals surface area contributed by atoms with Gasteiger partial charge in [-0.05, 0) is 36.2 Å². The summed E-state index contributed by atoms with van der Waals surface area (Å²) in [7, 11) is 0. The Balaban J connectivity index is 1.74. The molecule has 2 aromatic heterocycles. The first-order chi connectivity index (χ1) is 9.72. The molecule has 3 rings (SSSR count). The van der Waals surface area contributed by atoms with Gasteiger partial charge in [-0.1, -0.05) is 17.3 Å². The zero-order valence-electron chi connectivity index (χ0n) is 10.6. The van der Waals surface area contributed by atoms with Crippen LogP contribution in [-0.2, 0) is 6.42 Å². The molecule has 102 valence electrons. The number of nitrogens with zero attached hydrogens (tertiary/aromatic N) is 2. The number of hydrogen-bond acceptors (Lipinski definition) is 6. The Kier molecular flexibility index (Phi) is 3.22. The van der Waals surface area contributed by atoms with Gasteiger partial charge in [0.15, 0.2) is 5.76 Å². The third kappa shape index (κ3) is 2.55. The van der Waals surface area contributed by atoms with Crippen LogP contribution in [0.2, 0.25) is 0 Å². The minimum absolute atomic E-state index is 0.222. The van der Waals surface area contributed by atoms with Crippen LogP contribution in [0.1, 0.15) is 17.5 Å². The van der Waals surface area contributed by atoms with Gasteiger partial charge in [0.2, 0.25) is 11.7 Å². The minimum atomic E-state index is -0.407. The van der Waals surface area contributed by atoms with E-state index in [2.05, 4.69) is 10.1 Å². The predicted octanol–water partition coefficient (Wildman–Crippen LogP) is 2.28. The van der Waals surface area contributed by atoms with Crippen LogP contribution in [0.15, 0.2) is 51.6 Å². The number of phenolic OH excluding ortho intramolecular Hbond substituents is 1. The molecule has 0 aliphatic carbocycles. The molecule has 0 aliphatic heterocycles. The molecular formula is C14H13N3O3. The van der Waals surface area contributed by atoms with Gasteiger partial charge in [0.1, 0.15) is 5.75 Å². The normalized spacial score (nSPS) is 12.4. The van der Waals surface area contributed by atoms with Gasteiger partial charge in [0.05, 0.1) is 12.3 Å². The highest BCUT2D eigenvalue weighted by molar-refractivity contribution is 5.44. The molecule has 3 aromatic rings. The highest BCUT2D eigenvalue weighted by Gasteiger charge is 2.17. The summed E-state index contributed by atoms with van der Waals surface area (Å²) in [5.41, 5.74) is 7.02. The summed E-state index contributed by atoms with van der Waals surface area (Å²) in [5, 5.41) is 13.1. The standard InChI is InChI=1S/C14H13N3O3/c15-11(8-9-3-5-10(18)6-4-9)14-16-13(17-20-14)12-2-1-7-19-12/h1-7,11,18H,8,15H2/t11-/m1/s1. The van der Waals surface area contributed by atoms with Crippen molar-refractivity contribution in [3.63, 3.8) is 0 Å². The maximum Gasteiger partial charge on any atom is 0.244 e. The van der Waals surface area contributed by atoms with Gasteiger partial charge in [-0.3, -0.25) is 0 Å². The number of hydrogen-bond donors (Lipinski definition) is 2. The first-order valence-electron chi connectivity index (χ1n) is 6.13. The number of phenols is 1. The smallest absolute Gasteiger partial charge is 0.244 e. The summed E-state index contributed by atoms with van der Waals surface area (Å²) >= 11 is 0. The zero-order chi connectivity index (χ0) is 13.9. The monoisotopic (exact) mass is 271 g/mol. The van der Waals surface area contributed by atoms with Crippen molar-refractivity contribution < 1.29 is 14.0 Å². The van der Waals surface area contributed by atoms with Gasteiger partial charge >= 0.3 is 0 Å². The Bertz CT molecular complexity index is 674. The molecule has 0 unspecified atom stereocenters. The van der Waals surface area contributed by atoms with Gasteiger partial charge in [0, 0.05) is 0 Å². The van der Waals surface area contributed by atoms with Crippen molar-refractivity contribution in [3.05, 3.63) is 54.1 Å². The summed E-state index contributed by atoms with van der Waals surface area (Å²) in [5.74, 6) is 1.49. The highest BCUT2D eigenvalue weighted by atomic mass is 16.5. The maximum absolute atomic E-state index is 9.23. The molecule has 3 N–H and O–H groups in total.